The smallest absolute Gasteiger partial charge is 0.416 e. The molecular weight excluding hydrogens is 299 g/mol. The number of benzene rings is 1. The van der Waals surface area contributed by atoms with E-state index in [1.807, 2.05) is 0 Å². The molecule has 0 atom stereocenters. The van der Waals surface area contributed by atoms with Crippen molar-refractivity contribution in [1.29, 1.82) is 5.26 Å². The van der Waals surface area contributed by atoms with Gasteiger partial charge in [-0.05, 0) is 18.2 Å². The lowest BCUT2D eigenvalue weighted by molar-refractivity contribution is -0.137. The van der Waals surface area contributed by atoms with Gasteiger partial charge in [-0.25, -0.2) is 4.79 Å². The van der Waals surface area contributed by atoms with Gasteiger partial charge in [0.25, 0.3) is 0 Å². The van der Waals surface area contributed by atoms with E-state index < -0.39 is 17.7 Å². The number of methoxy groups -OCH3 is 1. The van der Waals surface area contributed by atoms with Crippen molar-refractivity contribution in [2.24, 2.45) is 0 Å². The van der Waals surface area contributed by atoms with E-state index in [4.69, 9.17) is 11.0 Å². The van der Waals surface area contributed by atoms with Crippen molar-refractivity contribution >= 4 is 11.7 Å². The number of nitrogens with two attached hydrogens (primary N) is 1. The third-order valence-corrected chi connectivity index (χ3v) is 3.00. The fraction of sp³-hybridized carbons (Fsp3) is 0.143. The summed E-state index contributed by atoms with van der Waals surface area (Å²) in [6.45, 7) is 0. The van der Waals surface area contributed by atoms with E-state index in [2.05, 4.69) is 4.74 Å². The maximum Gasteiger partial charge on any atom is 0.416 e. The quantitative estimate of drug-likeness (QED) is 0.865. The van der Waals surface area contributed by atoms with E-state index in [9.17, 15) is 18.0 Å². The van der Waals surface area contributed by atoms with E-state index in [-0.39, 0.29) is 22.6 Å². The Morgan fingerprint density at radius 2 is 2.09 bits per heavy atom. The SMILES string of the molecule is COC(=O)c1c(N)c(C#N)cn1-c1cccc(C(F)(F)F)c1. The maximum atomic E-state index is 12.8. The monoisotopic (exact) mass is 309 g/mol. The van der Waals surface area contributed by atoms with Gasteiger partial charge in [0.1, 0.15) is 6.07 Å². The molecule has 2 N–H and O–H groups in total. The topological polar surface area (TPSA) is 81.0 Å². The summed E-state index contributed by atoms with van der Waals surface area (Å²) in [5.74, 6) is -0.851. The van der Waals surface area contributed by atoms with Crippen LogP contribution in [0.15, 0.2) is 30.5 Å². The van der Waals surface area contributed by atoms with Gasteiger partial charge in [-0.1, -0.05) is 6.07 Å². The van der Waals surface area contributed by atoms with Crippen molar-refractivity contribution in [3.63, 3.8) is 0 Å². The molecule has 0 aliphatic heterocycles. The molecule has 0 fully saturated rings. The molecular formula is C14H10F3N3O2. The Morgan fingerprint density at radius 3 is 2.64 bits per heavy atom. The normalized spacial score (nSPS) is 11.0. The summed E-state index contributed by atoms with van der Waals surface area (Å²) >= 11 is 0. The molecule has 0 radical (unpaired) electrons. The Hall–Kier alpha value is -2.95. The van der Waals surface area contributed by atoms with Crippen LogP contribution < -0.4 is 5.73 Å². The van der Waals surface area contributed by atoms with Crippen LogP contribution in [0.3, 0.4) is 0 Å². The number of hydrogen-bond donors (Lipinski definition) is 1. The van der Waals surface area contributed by atoms with E-state index in [1.165, 1.54) is 18.3 Å². The van der Waals surface area contributed by atoms with Crippen molar-refractivity contribution in [1.82, 2.24) is 4.57 Å². The van der Waals surface area contributed by atoms with E-state index in [0.29, 0.717) is 0 Å². The Bertz CT molecular complexity index is 773. The first-order chi connectivity index (χ1) is 10.3. The highest BCUT2D eigenvalue weighted by atomic mass is 19.4. The maximum absolute atomic E-state index is 12.8. The average Bonchev–Trinajstić information content (AvgIpc) is 2.82. The highest BCUT2D eigenvalue weighted by molar-refractivity contribution is 5.95. The lowest BCUT2D eigenvalue weighted by Gasteiger charge is -2.11. The van der Waals surface area contributed by atoms with Crippen molar-refractivity contribution in [3.8, 4) is 11.8 Å². The van der Waals surface area contributed by atoms with Crippen molar-refractivity contribution in [3.05, 3.63) is 47.3 Å². The fourth-order valence-electron chi connectivity index (χ4n) is 1.95. The molecule has 1 aromatic heterocycles. The van der Waals surface area contributed by atoms with Gasteiger partial charge in [-0.15, -0.1) is 0 Å². The zero-order chi connectivity index (χ0) is 16.5. The fourth-order valence-corrected chi connectivity index (χ4v) is 1.95. The number of ether oxygens (including phenoxy) is 1. The summed E-state index contributed by atoms with van der Waals surface area (Å²) in [7, 11) is 1.11. The van der Waals surface area contributed by atoms with Crippen LogP contribution in [0.5, 0.6) is 0 Å². The Morgan fingerprint density at radius 1 is 1.41 bits per heavy atom. The van der Waals surface area contributed by atoms with E-state index >= 15 is 0 Å². The zero-order valence-corrected chi connectivity index (χ0v) is 11.3. The number of halogens is 3. The number of anilines is 1. The third-order valence-electron chi connectivity index (χ3n) is 3.00. The van der Waals surface area contributed by atoms with Crippen LogP contribution in [0.1, 0.15) is 21.6 Å². The molecule has 8 heteroatoms. The second-order valence-electron chi connectivity index (χ2n) is 4.33. The second-order valence-corrected chi connectivity index (χ2v) is 4.33. The number of carbonyl (C=O) groups is 1. The number of alkyl halides is 3. The number of nitrogens with zero attached hydrogens (tertiary/aromatic N) is 2. The van der Waals surface area contributed by atoms with Crippen LogP contribution >= 0.6 is 0 Å². The van der Waals surface area contributed by atoms with Gasteiger partial charge >= 0.3 is 12.1 Å². The molecule has 5 nitrogen and oxygen atoms in total. The molecule has 22 heavy (non-hydrogen) atoms. The molecule has 0 aliphatic rings. The molecule has 114 valence electrons. The predicted octanol–water partition coefficient (Wildman–Crippen LogP) is 2.74. The van der Waals surface area contributed by atoms with Gasteiger partial charge in [0.05, 0.1) is 23.9 Å². The van der Waals surface area contributed by atoms with Crippen LogP contribution in [-0.4, -0.2) is 17.6 Å². The van der Waals surface area contributed by atoms with Crippen LogP contribution in [-0.2, 0) is 10.9 Å². The number of rotatable bonds is 2. The first kappa shape index (κ1) is 15.4. The molecule has 0 aliphatic carbocycles. The third kappa shape index (κ3) is 2.61. The molecule has 2 rings (SSSR count). The molecule has 1 aromatic carbocycles. The van der Waals surface area contributed by atoms with E-state index in [0.717, 1.165) is 23.8 Å². The van der Waals surface area contributed by atoms with Gasteiger partial charge in [-0.2, -0.15) is 18.4 Å². The average molecular weight is 309 g/mol. The van der Waals surface area contributed by atoms with Crippen molar-refractivity contribution in [2.45, 2.75) is 6.18 Å². The first-order valence-electron chi connectivity index (χ1n) is 5.96. The zero-order valence-electron chi connectivity index (χ0n) is 11.3. The minimum Gasteiger partial charge on any atom is -0.464 e. The number of nitrogen functional groups attached to an aromatic ring is 1. The molecule has 0 unspecified atom stereocenters. The van der Waals surface area contributed by atoms with Crippen LogP contribution in [0.4, 0.5) is 18.9 Å². The summed E-state index contributed by atoms with van der Waals surface area (Å²) in [5.41, 5.74) is 4.48. The molecule has 0 amide bonds. The Balaban J connectivity index is 2.68. The van der Waals surface area contributed by atoms with E-state index in [1.54, 1.807) is 6.07 Å². The number of esters is 1. The van der Waals surface area contributed by atoms with Crippen LogP contribution in [0.2, 0.25) is 0 Å². The molecule has 0 saturated heterocycles. The lowest BCUT2D eigenvalue weighted by atomic mass is 10.2. The summed E-state index contributed by atoms with van der Waals surface area (Å²) in [6, 6.07) is 6.09. The van der Waals surface area contributed by atoms with Gasteiger partial charge in [0, 0.05) is 11.9 Å². The summed E-state index contributed by atoms with van der Waals surface area (Å²) in [6.07, 6.45) is -3.34. The number of aromatic nitrogens is 1. The molecule has 0 spiro atoms. The summed E-state index contributed by atoms with van der Waals surface area (Å²) < 4.78 is 44.0. The number of nitriles is 1. The first-order valence-corrected chi connectivity index (χ1v) is 5.96. The molecule has 0 bridgehead atoms. The molecule has 2 aromatic rings. The minimum atomic E-state index is -4.53. The van der Waals surface area contributed by atoms with Gasteiger partial charge in [-0.3, -0.25) is 0 Å². The minimum absolute atomic E-state index is 0.0298. The lowest BCUT2D eigenvalue weighted by Crippen LogP contribution is -2.12. The highest BCUT2D eigenvalue weighted by Crippen LogP contribution is 2.32. The number of hydrogen-bond acceptors (Lipinski definition) is 4. The van der Waals surface area contributed by atoms with Crippen molar-refractivity contribution in [2.75, 3.05) is 12.8 Å². The standard InChI is InChI=1S/C14H10F3N3O2/c1-22-13(21)12-11(19)8(6-18)7-20(12)10-4-2-3-9(5-10)14(15,16)17/h2-5,7H,19H2,1H3. The van der Waals surface area contributed by atoms with Gasteiger partial charge < -0.3 is 15.0 Å². The molecule has 1 heterocycles. The predicted molar refractivity (Wildman–Crippen MR) is 71.2 cm³/mol. The number of carbonyl (C=O) groups excluding carboxylic acids is 1. The van der Waals surface area contributed by atoms with Crippen LogP contribution in [0.25, 0.3) is 5.69 Å². The summed E-state index contributed by atoms with van der Waals surface area (Å²) in [5, 5.41) is 8.97. The van der Waals surface area contributed by atoms with Crippen molar-refractivity contribution < 1.29 is 22.7 Å². The highest BCUT2D eigenvalue weighted by Gasteiger charge is 2.31. The van der Waals surface area contributed by atoms with Crippen LogP contribution in [0, 0.1) is 11.3 Å². The molecule has 0 saturated carbocycles. The Labute approximate surface area is 123 Å². The Kier molecular flexibility index (Phi) is 3.82. The van der Waals surface area contributed by atoms with Gasteiger partial charge in [0.2, 0.25) is 0 Å². The summed E-state index contributed by atoms with van der Waals surface area (Å²) in [4.78, 5) is 11.8. The van der Waals surface area contributed by atoms with Gasteiger partial charge in [0.15, 0.2) is 5.69 Å². The second kappa shape index (κ2) is 5.44. The largest absolute Gasteiger partial charge is 0.464 e.